The lowest BCUT2D eigenvalue weighted by atomic mass is 10.1. The summed E-state index contributed by atoms with van der Waals surface area (Å²) in [7, 11) is 0. The van der Waals surface area contributed by atoms with E-state index in [9.17, 15) is 0 Å². The molecule has 2 atom stereocenters. The van der Waals surface area contributed by atoms with E-state index in [1.165, 1.54) is 19.3 Å². The average Bonchev–Trinajstić information content (AvgIpc) is 2.80. The third-order valence-corrected chi connectivity index (χ3v) is 3.84. The molecule has 0 radical (unpaired) electrons. The zero-order valence-electron chi connectivity index (χ0n) is 10.3. The zero-order chi connectivity index (χ0) is 12.0. The van der Waals surface area contributed by atoms with Crippen LogP contribution in [-0.4, -0.2) is 14.5 Å². The summed E-state index contributed by atoms with van der Waals surface area (Å²) in [6, 6.07) is 2.52. The molecular formula is C13H18N4. The summed E-state index contributed by atoms with van der Waals surface area (Å²) in [6.07, 6.45) is 5.62. The molecule has 4 nitrogen and oxygen atoms in total. The molecule has 2 aromatic heterocycles. The lowest BCUT2D eigenvalue weighted by Gasteiger charge is -2.18. The van der Waals surface area contributed by atoms with Gasteiger partial charge in [0.2, 0.25) is 5.95 Å². The second kappa shape index (κ2) is 3.72. The van der Waals surface area contributed by atoms with Gasteiger partial charge in [-0.2, -0.15) is 0 Å². The van der Waals surface area contributed by atoms with Crippen LogP contribution in [0.4, 0.5) is 5.95 Å². The molecular weight excluding hydrogens is 212 g/mol. The van der Waals surface area contributed by atoms with Crippen molar-refractivity contribution in [3.05, 3.63) is 17.8 Å². The Morgan fingerprint density at radius 2 is 2.24 bits per heavy atom. The summed E-state index contributed by atoms with van der Waals surface area (Å²) in [5.74, 6) is 1.27. The van der Waals surface area contributed by atoms with Crippen molar-refractivity contribution in [2.75, 3.05) is 5.73 Å². The van der Waals surface area contributed by atoms with Crippen LogP contribution in [0.2, 0.25) is 0 Å². The molecule has 0 bridgehead atoms. The van der Waals surface area contributed by atoms with Crippen molar-refractivity contribution in [1.29, 1.82) is 0 Å². The first-order valence-corrected chi connectivity index (χ1v) is 6.27. The van der Waals surface area contributed by atoms with E-state index in [2.05, 4.69) is 27.5 Å². The van der Waals surface area contributed by atoms with E-state index in [4.69, 9.17) is 5.73 Å². The first-order chi connectivity index (χ1) is 8.16. The second-order valence-electron chi connectivity index (χ2n) is 5.17. The van der Waals surface area contributed by atoms with Crippen LogP contribution in [0, 0.1) is 12.8 Å². The molecule has 17 heavy (non-hydrogen) atoms. The van der Waals surface area contributed by atoms with Crippen LogP contribution in [-0.2, 0) is 0 Å². The average molecular weight is 230 g/mol. The molecule has 90 valence electrons. The molecule has 0 amide bonds. The summed E-state index contributed by atoms with van der Waals surface area (Å²) in [6.45, 7) is 4.32. The molecule has 0 aliphatic heterocycles. The quantitative estimate of drug-likeness (QED) is 0.819. The third-order valence-electron chi connectivity index (χ3n) is 3.84. The minimum atomic E-state index is 0.468. The highest BCUT2D eigenvalue weighted by Crippen LogP contribution is 2.38. The molecule has 0 spiro atoms. The van der Waals surface area contributed by atoms with Crippen LogP contribution in [0.5, 0.6) is 0 Å². The topological polar surface area (TPSA) is 56.7 Å². The van der Waals surface area contributed by atoms with Gasteiger partial charge in [-0.25, -0.2) is 9.97 Å². The summed E-state index contributed by atoms with van der Waals surface area (Å²) in [5.41, 5.74) is 9.04. The van der Waals surface area contributed by atoms with Gasteiger partial charge in [0.15, 0.2) is 5.65 Å². The van der Waals surface area contributed by atoms with Crippen LogP contribution in [0.25, 0.3) is 11.2 Å². The number of hydrogen-bond acceptors (Lipinski definition) is 3. The maximum absolute atomic E-state index is 6.06. The number of fused-ring (bicyclic) bond motifs is 1. The summed E-state index contributed by atoms with van der Waals surface area (Å²) >= 11 is 0. The minimum absolute atomic E-state index is 0.468. The first kappa shape index (κ1) is 10.6. The van der Waals surface area contributed by atoms with Crippen molar-refractivity contribution >= 4 is 17.1 Å². The fourth-order valence-electron chi connectivity index (χ4n) is 2.94. The predicted molar refractivity (Wildman–Crippen MR) is 68.7 cm³/mol. The van der Waals surface area contributed by atoms with Gasteiger partial charge >= 0.3 is 0 Å². The molecule has 1 fully saturated rings. The number of nitrogens with zero attached hydrogens (tertiary/aromatic N) is 3. The molecule has 0 aromatic carbocycles. The smallest absolute Gasteiger partial charge is 0.202 e. The van der Waals surface area contributed by atoms with Crippen LogP contribution >= 0.6 is 0 Å². The van der Waals surface area contributed by atoms with Gasteiger partial charge in [0.1, 0.15) is 5.52 Å². The number of nitrogen functional groups attached to an aromatic ring is 1. The van der Waals surface area contributed by atoms with Crippen molar-refractivity contribution in [2.24, 2.45) is 5.92 Å². The van der Waals surface area contributed by atoms with Crippen molar-refractivity contribution < 1.29 is 0 Å². The predicted octanol–water partition coefficient (Wildman–Crippen LogP) is 2.68. The van der Waals surface area contributed by atoms with Crippen LogP contribution < -0.4 is 5.73 Å². The van der Waals surface area contributed by atoms with Crippen molar-refractivity contribution in [3.8, 4) is 0 Å². The van der Waals surface area contributed by atoms with Crippen LogP contribution in [0.1, 0.15) is 37.8 Å². The highest BCUT2D eigenvalue weighted by Gasteiger charge is 2.28. The van der Waals surface area contributed by atoms with Gasteiger partial charge in [-0.15, -0.1) is 0 Å². The molecule has 2 N–H and O–H groups in total. The highest BCUT2D eigenvalue weighted by molar-refractivity contribution is 5.74. The zero-order valence-corrected chi connectivity index (χ0v) is 10.3. The number of nitrogens with two attached hydrogens (primary N) is 1. The monoisotopic (exact) mass is 230 g/mol. The van der Waals surface area contributed by atoms with Gasteiger partial charge in [-0.1, -0.05) is 13.3 Å². The highest BCUT2D eigenvalue weighted by atomic mass is 15.2. The molecule has 2 heterocycles. The summed E-state index contributed by atoms with van der Waals surface area (Å²) in [4.78, 5) is 8.93. The fraction of sp³-hybridized carbons (Fsp3) is 0.538. The molecule has 1 aliphatic rings. The molecule has 1 saturated carbocycles. The van der Waals surface area contributed by atoms with Crippen molar-refractivity contribution in [1.82, 2.24) is 14.5 Å². The number of aromatic nitrogens is 3. The minimum Gasteiger partial charge on any atom is -0.369 e. The van der Waals surface area contributed by atoms with E-state index >= 15 is 0 Å². The Morgan fingerprint density at radius 3 is 2.94 bits per heavy atom. The number of imidazole rings is 1. The van der Waals surface area contributed by atoms with Gasteiger partial charge in [0.25, 0.3) is 0 Å². The number of rotatable bonds is 1. The Hall–Kier alpha value is -1.58. The van der Waals surface area contributed by atoms with Crippen LogP contribution in [0.3, 0.4) is 0 Å². The number of hydrogen-bond donors (Lipinski definition) is 1. The summed E-state index contributed by atoms with van der Waals surface area (Å²) < 4.78 is 2.13. The van der Waals surface area contributed by atoms with Gasteiger partial charge in [-0.05, 0) is 37.3 Å². The Morgan fingerprint density at radius 1 is 1.41 bits per heavy atom. The Labute approximate surface area is 101 Å². The Balaban J connectivity index is 2.18. The van der Waals surface area contributed by atoms with E-state index < -0.39 is 0 Å². The van der Waals surface area contributed by atoms with Crippen molar-refractivity contribution in [2.45, 2.75) is 39.2 Å². The number of aryl methyl sites for hydroxylation is 1. The van der Waals surface area contributed by atoms with E-state index in [0.717, 1.165) is 16.7 Å². The first-order valence-electron chi connectivity index (χ1n) is 6.27. The van der Waals surface area contributed by atoms with Gasteiger partial charge < -0.3 is 5.73 Å². The molecule has 4 heteroatoms. The largest absolute Gasteiger partial charge is 0.369 e. The molecule has 1 aliphatic carbocycles. The maximum atomic E-state index is 6.06. The maximum Gasteiger partial charge on any atom is 0.202 e. The van der Waals surface area contributed by atoms with Gasteiger partial charge in [0.05, 0.1) is 0 Å². The SMILES string of the molecule is Cc1cnc2c(c1)nc(N)n2C1CCCC1C. The van der Waals surface area contributed by atoms with E-state index in [-0.39, 0.29) is 0 Å². The third kappa shape index (κ3) is 1.59. The summed E-state index contributed by atoms with van der Waals surface area (Å²) in [5, 5.41) is 0. The number of anilines is 1. The lowest BCUT2D eigenvalue weighted by molar-refractivity contribution is 0.419. The van der Waals surface area contributed by atoms with Crippen LogP contribution in [0.15, 0.2) is 12.3 Å². The number of pyridine rings is 1. The second-order valence-corrected chi connectivity index (χ2v) is 5.17. The van der Waals surface area contributed by atoms with E-state index in [0.29, 0.717) is 17.9 Å². The molecule has 2 unspecified atom stereocenters. The van der Waals surface area contributed by atoms with E-state index in [1.807, 2.05) is 13.1 Å². The standard InChI is InChI=1S/C13H18N4/c1-8-6-10-12(15-7-8)17(13(14)16-10)11-5-3-4-9(11)2/h6-7,9,11H,3-5H2,1-2H3,(H2,14,16). The van der Waals surface area contributed by atoms with Crippen molar-refractivity contribution in [3.63, 3.8) is 0 Å². The Bertz CT molecular complexity index is 558. The normalized spacial score (nSPS) is 24.6. The van der Waals surface area contributed by atoms with Gasteiger partial charge in [-0.3, -0.25) is 4.57 Å². The fourth-order valence-corrected chi connectivity index (χ4v) is 2.94. The molecule has 0 saturated heterocycles. The van der Waals surface area contributed by atoms with E-state index in [1.54, 1.807) is 0 Å². The molecule has 3 rings (SSSR count). The Kier molecular flexibility index (Phi) is 2.31. The van der Waals surface area contributed by atoms with Gasteiger partial charge in [0, 0.05) is 12.2 Å². The molecule has 2 aromatic rings. The lowest BCUT2D eigenvalue weighted by Crippen LogP contribution is -2.14.